The maximum absolute atomic E-state index is 13.9. The number of nitrogens with zero attached hydrogens (tertiary/aromatic N) is 2. The summed E-state index contributed by atoms with van der Waals surface area (Å²) >= 11 is 0. The predicted molar refractivity (Wildman–Crippen MR) is 72.4 cm³/mol. The Kier molecular flexibility index (Phi) is 4.00. The highest BCUT2D eigenvalue weighted by Gasteiger charge is 2.16. The van der Waals surface area contributed by atoms with Crippen LogP contribution in [0.15, 0.2) is 30.5 Å². The van der Waals surface area contributed by atoms with Gasteiger partial charge in [0.1, 0.15) is 5.82 Å². The molecular formula is C15H19FN2O. The van der Waals surface area contributed by atoms with Crippen LogP contribution in [0.2, 0.25) is 0 Å². The number of hydrogen-bond acceptors (Lipinski definition) is 2. The molecule has 0 aliphatic heterocycles. The molecule has 19 heavy (non-hydrogen) atoms. The minimum absolute atomic E-state index is 0.279. The maximum Gasteiger partial charge on any atom is 0.131 e. The van der Waals surface area contributed by atoms with E-state index in [1.165, 1.54) is 0 Å². The van der Waals surface area contributed by atoms with Crippen molar-refractivity contribution in [1.82, 2.24) is 9.78 Å². The number of aliphatic hydroxyl groups excluding tert-OH is 1. The average Bonchev–Trinajstić information content (AvgIpc) is 2.81. The van der Waals surface area contributed by atoms with Crippen LogP contribution in [0.1, 0.15) is 42.8 Å². The highest BCUT2D eigenvalue weighted by molar-refractivity contribution is 5.27. The van der Waals surface area contributed by atoms with Crippen molar-refractivity contribution in [1.29, 1.82) is 0 Å². The van der Waals surface area contributed by atoms with Crippen LogP contribution in [0, 0.1) is 12.7 Å². The largest absolute Gasteiger partial charge is 0.388 e. The molecule has 0 saturated carbocycles. The number of rotatable bonds is 4. The number of aromatic nitrogens is 2. The van der Waals surface area contributed by atoms with Gasteiger partial charge in [-0.15, -0.1) is 0 Å². The van der Waals surface area contributed by atoms with E-state index in [2.05, 4.69) is 5.10 Å². The van der Waals surface area contributed by atoms with Gasteiger partial charge >= 0.3 is 0 Å². The average molecular weight is 262 g/mol. The van der Waals surface area contributed by atoms with Crippen molar-refractivity contribution in [3.05, 3.63) is 53.1 Å². The first kappa shape index (κ1) is 13.7. The van der Waals surface area contributed by atoms with E-state index in [0.717, 1.165) is 5.69 Å². The summed E-state index contributed by atoms with van der Waals surface area (Å²) in [6, 6.07) is 7.20. The van der Waals surface area contributed by atoms with Crippen molar-refractivity contribution in [3.8, 4) is 0 Å². The Morgan fingerprint density at radius 2 is 2.05 bits per heavy atom. The molecule has 0 aliphatic carbocycles. The first-order valence-corrected chi connectivity index (χ1v) is 6.46. The molecule has 1 heterocycles. The fourth-order valence-electron chi connectivity index (χ4n) is 2.01. The van der Waals surface area contributed by atoms with Crippen LogP contribution in [-0.2, 0) is 6.42 Å². The molecule has 0 amide bonds. The van der Waals surface area contributed by atoms with Gasteiger partial charge in [-0.1, -0.05) is 18.2 Å². The van der Waals surface area contributed by atoms with Crippen molar-refractivity contribution in [3.63, 3.8) is 0 Å². The zero-order chi connectivity index (χ0) is 14.0. The Morgan fingerprint density at radius 1 is 1.32 bits per heavy atom. The van der Waals surface area contributed by atoms with Crippen LogP contribution in [0.3, 0.4) is 0 Å². The van der Waals surface area contributed by atoms with E-state index in [4.69, 9.17) is 0 Å². The molecule has 2 rings (SSSR count). The van der Waals surface area contributed by atoms with Crippen LogP contribution in [0.5, 0.6) is 0 Å². The van der Waals surface area contributed by atoms with Gasteiger partial charge in [0.2, 0.25) is 0 Å². The summed E-state index contributed by atoms with van der Waals surface area (Å²) in [4.78, 5) is 0. The SMILES string of the molecule is Cc1cccc(C(O)Cc2ccn(C(C)C)n2)c1F. The summed E-state index contributed by atoms with van der Waals surface area (Å²) in [6.45, 7) is 5.76. The Morgan fingerprint density at radius 3 is 2.68 bits per heavy atom. The van der Waals surface area contributed by atoms with E-state index in [1.807, 2.05) is 30.8 Å². The molecule has 102 valence electrons. The van der Waals surface area contributed by atoms with Crippen LogP contribution >= 0.6 is 0 Å². The number of aliphatic hydroxyl groups is 1. The zero-order valence-electron chi connectivity index (χ0n) is 11.5. The molecule has 1 aromatic carbocycles. The Hall–Kier alpha value is -1.68. The summed E-state index contributed by atoms with van der Waals surface area (Å²) in [7, 11) is 0. The number of aryl methyl sites for hydroxylation is 1. The van der Waals surface area contributed by atoms with E-state index < -0.39 is 6.10 Å². The Balaban J connectivity index is 2.16. The second-order valence-electron chi connectivity index (χ2n) is 5.08. The molecule has 0 saturated heterocycles. The second-order valence-corrected chi connectivity index (χ2v) is 5.08. The van der Waals surface area contributed by atoms with E-state index >= 15 is 0 Å². The van der Waals surface area contributed by atoms with Crippen LogP contribution in [-0.4, -0.2) is 14.9 Å². The van der Waals surface area contributed by atoms with Gasteiger partial charge in [-0.3, -0.25) is 4.68 Å². The molecule has 3 nitrogen and oxygen atoms in total. The predicted octanol–water partition coefficient (Wildman–Crippen LogP) is 3.19. The number of hydrogen-bond donors (Lipinski definition) is 1. The minimum atomic E-state index is -0.865. The van der Waals surface area contributed by atoms with Gasteiger partial charge < -0.3 is 5.11 Å². The summed E-state index contributed by atoms with van der Waals surface area (Å²) < 4.78 is 15.7. The smallest absolute Gasteiger partial charge is 0.131 e. The van der Waals surface area contributed by atoms with Crippen molar-refractivity contribution >= 4 is 0 Å². The lowest BCUT2D eigenvalue weighted by Crippen LogP contribution is -2.07. The third-order valence-corrected chi connectivity index (χ3v) is 3.18. The molecule has 1 atom stereocenters. The van der Waals surface area contributed by atoms with Gasteiger partial charge in [-0.05, 0) is 32.4 Å². The highest BCUT2D eigenvalue weighted by Crippen LogP contribution is 2.22. The van der Waals surface area contributed by atoms with Gasteiger partial charge in [0.15, 0.2) is 0 Å². The van der Waals surface area contributed by atoms with Crippen molar-refractivity contribution in [2.45, 2.75) is 39.3 Å². The highest BCUT2D eigenvalue weighted by atomic mass is 19.1. The third kappa shape index (κ3) is 3.01. The topological polar surface area (TPSA) is 38.0 Å². The fourth-order valence-corrected chi connectivity index (χ4v) is 2.01. The fraction of sp³-hybridized carbons (Fsp3) is 0.400. The van der Waals surface area contributed by atoms with E-state index in [0.29, 0.717) is 17.5 Å². The molecule has 1 N–H and O–H groups in total. The molecule has 1 aromatic heterocycles. The molecular weight excluding hydrogens is 243 g/mol. The summed E-state index contributed by atoms with van der Waals surface area (Å²) in [6.07, 6.45) is 1.33. The Labute approximate surface area is 112 Å². The normalized spacial score (nSPS) is 12.9. The molecule has 0 spiro atoms. The van der Waals surface area contributed by atoms with E-state index in [1.54, 1.807) is 25.1 Å². The standard InChI is InChI=1S/C15H19FN2O/c1-10(2)18-8-7-12(17-18)9-14(19)13-6-4-5-11(3)15(13)16/h4-8,10,14,19H,9H2,1-3H3. The molecule has 2 aromatic rings. The molecule has 0 aliphatic rings. The molecule has 0 bridgehead atoms. The van der Waals surface area contributed by atoms with Crippen LogP contribution in [0.25, 0.3) is 0 Å². The van der Waals surface area contributed by atoms with Gasteiger partial charge in [0, 0.05) is 24.2 Å². The zero-order valence-corrected chi connectivity index (χ0v) is 11.5. The third-order valence-electron chi connectivity index (χ3n) is 3.18. The monoisotopic (exact) mass is 262 g/mol. The summed E-state index contributed by atoms with van der Waals surface area (Å²) in [5.74, 6) is -0.335. The van der Waals surface area contributed by atoms with Gasteiger partial charge in [0.05, 0.1) is 11.8 Å². The molecule has 0 radical (unpaired) electrons. The van der Waals surface area contributed by atoms with Crippen molar-refractivity contribution in [2.75, 3.05) is 0 Å². The van der Waals surface area contributed by atoms with Crippen molar-refractivity contribution in [2.24, 2.45) is 0 Å². The number of benzene rings is 1. The second kappa shape index (κ2) is 5.53. The lowest BCUT2D eigenvalue weighted by Gasteiger charge is -2.12. The minimum Gasteiger partial charge on any atom is -0.388 e. The van der Waals surface area contributed by atoms with E-state index in [9.17, 15) is 9.50 Å². The number of halogens is 1. The molecule has 0 fully saturated rings. The Bertz CT molecular complexity index is 563. The molecule has 1 unspecified atom stereocenters. The summed E-state index contributed by atoms with van der Waals surface area (Å²) in [5.41, 5.74) is 1.64. The van der Waals surface area contributed by atoms with Crippen molar-refractivity contribution < 1.29 is 9.50 Å². The summed E-state index contributed by atoms with van der Waals surface area (Å²) in [5, 5.41) is 14.5. The first-order chi connectivity index (χ1) is 8.99. The van der Waals surface area contributed by atoms with Gasteiger partial charge in [-0.25, -0.2) is 4.39 Å². The maximum atomic E-state index is 13.9. The molecule has 4 heteroatoms. The van der Waals surface area contributed by atoms with Gasteiger partial charge in [0.25, 0.3) is 0 Å². The van der Waals surface area contributed by atoms with Crippen LogP contribution in [0.4, 0.5) is 4.39 Å². The lowest BCUT2D eigenvalue weighted by atomic mass is 10.0. The first-order valence-electron chi connectivity index (χ1n) is 6.46. The quantitative estimate of drug-likeness (QED) is 0.919. The van der Waals surface area contributed by atoms with E-state index in [-0.39, 0.29) is 11.9 Å². The lowest BCUT2D eigenvalue weighted by molar-refractivity contribution is 0.172. The van der Waals surface area contributed by atoms with Crippen LogP contribution < -0.4 is 0 Å². The van der Waals surface area contributed by atoms with Gasteiger partial charge in [-0.2, -0.15) is 5.10 Å².